The molecule has 0 radical (unpaired) electrons. The summed E-state index contributed by atoms with van der Waals surface area (Å²) in [6.07, 6.45) is -3.10. The summed E-state index contributed by atoms with van der Waals surface area (Å²) in [6.45, 7) is 3.48. The minimum absolute atomic E-state index is 0. The number of halogens is 5. The molecule has 0 bridgehead atoms. The molecule has 190 valence electrons. The van der Waals surface area contributed by atoms with E-state index in [1.165, 1.54) is 6.07 Å². The third kappa shape index (κ3) is 7.94. The maximum absolute atomic E-state index is 13.7. The molecule has 0 aromatic heterocycles. The topological polar surface area (TPSA) is 41.5 Å². The Morgan fingerprint density at radius 3 is 2.50 bits per heavy atom. The molecular weight excluding hydrogens is 470 g/mol. The molecule has 2 N–H and O–H groups in total. The molecule has 1 aliphatic rings. The van der Waals surface area contributed by atoms with Crippen molar-refractivity contribution in [1.82, 2.24) is 5.32 Å². The van der Waals surface area contributed by atoms with Crippen LogP contribution in [0.5, 0.6) is 0 Å². The zero-order chi connectivity index (χ0) is 24.1. The first-order chi connectivity index (χ1) is 15.6. The first kappa shape index (κ1) is 28.6. The third-order valence-corrected chi connectivity index (χ3v) is 6.41. The Labute approximate surface area is 205 Å². The summed E-state index contributed by atoms with van der Waals surface area (Å²) < 4.78 is 56.9. The van der Waals surface area contributed by atoms with Crippen molar-refractivity contribution < 1.29 is 27.4 Å². The molecule has 3 rings (SSSR count). The van der Waals surface area contributed by atoms with Crippen LogP contribution in [0.3, 0.4) is 0 Å². The van der Waals surface area contributed by atoms with Crippen LogP contribution in [-0.4, -0.2) is 42.7 Å². The van der Waals surface area contributed by atoms with E-state index in [1.807, 2.05) is 44.2 Å². The van der Waals surface area contributed by atoms with Crippen LogP contribution in [0.15, 0.2) is 48.5 Å². The van der Waals surface area contributed by atoms with Crippen LogP contribution >= 0.6 is 12.4 Å². The number of ether oxygens (including phenoxy) is 1. The number of rotatable bonds is 10. The summed E-state index contributed by atoms with van der Waals surface area (Å²) >= 11 is 0. The van der Waals surface area contributed by atoms with Crippen LogP contribution in [0.25, 0.3) is 0 Å². The molecule has 0 spiro atoms. The van der Waals surface area contributed by atoms with Gasteiger partial charge in [-0.25, -0.2) is 4.39 Å². The summed E-state index contributed by atoms with van der Waals surface area (Å²) in [6, 6.07) is 14.0. The second kappa shape index (κ2) is 12.3. The van der Waals surface area contributed by atoms with Gasteiger partial charge in [0.15, 0.2) is 0 Å². The number of alkyl halides is 3. The molecule has 3 atom stereocenters. The second-order valence-electron chi connectivity index (χ2n) is 9.36. The minimum atomic E-state index is -4.39. The van der Waals surface area contributed by atoms with Gasteiger partial charge in [-0.15, -0.1) is 12.4 Å². The van der Waals surface area contributed by atoms with Gasteiger partial charge in [0.1, 0.15) is 12.4 Å². The first-order valence-electron chi connectivity index (χ1n) is 11.5. The number of fused-ring (bicyclic) bond motifs is 1. The highest BCUT2D eigenvalue weighted by Gasteiger charge is 2.42. The summed E-state index contributed by atoms with van der Waals surface area (Å²) in [7, 11) is 0. The van der Waals surface area contributed by atoms with E-state index in [0.717, 1.165) is 16.7 Å². The van der Waals surface area contributed by atoms with Gasteiger partial charge in [0, 0.05) is 12.5 Å². The van der Waals surface area contributed by atoms with Crippen molar-refractivity contribution in [3.05, 3.63) is 71.0 Å². The van der Waals surface area contributed by atoms with E-state index in [4.69, 9.17) is 4.74 Å². The van der Waals surface area contributed by atoms with E-state index in [2.05, 4.69) is 5.32 Å². The normalized spacial score (nSPS) is 21.1. The van der Waals surface area contributed by atoms with Gasteiger partial charge in [0.25, 0.3) is 0 Å². The maximum Gasteiger partial charge on any atom is 0.411 e. The van der Waals surface area contributed by atoms with Gasteiger partial charge >= 0.3 is 6.18 Å². The molecule has 2 aromatic rings. The van der Waals surface area contributed by atoms with Gasteiger partial charge in [0.05, 0.1) is 11.7 Å². The van der Waals surface area contributed by atoms with E-state index in [0.29, 0.717) is 32.2 Å². The lowest BCUT2D eigenvalue weighted by Crippen LogP contribution is -2.45. The Bertz CT molecular complexity index is 894. The molecule has 3 nitrogen and oxygen atoms in total. The van der Waals surface area contributed by atoms with Crippen molar-refractivity contribution in [3.8, 4) is 0 Å². The highest BCUT2D eigenvalue weighted by Crippen LogP contribution is 2.45. The molecule has 0 heterocycles. The lowest BCUT2D eigenvalue weighted by molar-refractivity contribution is -0.184. The number of aryl methyl sites for hydroxylation is 1. The van der Waals surface area contributed by atoms with Gasteiger partial charge in [-0.1, -0.05) is 50.2 Å². The number of nitrogens with one attached hydrogen (secondary N) is 1. The molecule has 0 saturated heterocycles. The predicted octanol–water partition coefficient (Wildman–Crippen LogP) is 5.83. The number of hydrogen-bond donors (Lipinski definition) is 2. The zero-order valence-corrected chi connectivity index (χ0v) is 20.4. The monoisotopic (exact) mass is 503 g/mol. The van der Waals surface area contributed by atoms with Crippen LogP contribution in [-0.2, 0) is 17.6 Å². The number of hydrogen-bond acceptors (Lipinski definition) is 3. The van der Waals surface area contributed by atoms with E-state index >= 15 is 0 Å². The van der Waals surface area contributed by atoms with E-state index < -0.39 is 24.5 Å². The fourth-order valence-corrected chi connectivity index (χ4v) is 5.00. The predicted molar refractivity (Wildman–Crippen MR) is 128 cm³/mol. The molecule has 34 heavy (non-hydrogen) atoms. The average Bonchev–Trinajstić information content (AvgIpc) is 2.75. The zero-order valence-electron chi connectivity index (χ0n) is 19.6. The molecule has 3 unspecified atom stereocenters. The Morgan fingerprint density at radius 2 is 1.85 bits per heavy atom. The molecule has 0 aliphatic heterocycles. The Kier molecular flexibility index (Phi) is 10.4. The van der Waals surface area contributed by atoms with Crippen molar-refractivity contribution in [2.45, 2.75) is 63.3 Å². The molecule has 2 aromatic carbocycles. The lowest BCUT2D eigenvalue weighted by Gasteiger charge is -2.44. The van der Waals surface area contributed by atoms with Crippen LogP contribution in [0.2, 0.25) is 0 Å². The molecule has 0 saturated carbocycles. The van der Waals surface area contributed by atoms with Crippen LogP contribution in [0.4, 0.5) is 17.6 Å². The quantitative estimate of drug-likeness (QED) is 0.316. The lowest BCUT2D eigenvalue weighted by atomic mass is 9.66. The Morgan fingerprint density at radius 1 is 1.15 bits per heavy atom. The Hall–Kier alpha value is -1.67. The average molecular weight is 504 g/mol. The summed E-state index contributed by atoms with van der Waals surface area (Å²) in [5.74, 6) is -0.252. The SMILES string of the molecule is CC(C)C1c2ccc(F)cc2CCC1(O)CCNCC(Cc1ccccc1)OCC(F)(F)F.Cl. The van der Waals surface area contributed by atoms with Crippen molar-refractivity contribution >= 4 is 12.4 Å². The highest BCUT2D eigenvalue weighted by molar-refractivity contribution is 5.85. The minimum Gasteiger partial charge on any atom is -0.389 e. The standard InChI is InChI=1S/C26H33F4NO2.ClH/c1-18(2)24-23-9-8-21(27)15-20(23)10-11-25(24,32)12-13-31-16-22(33-17-26(28,29)30)14-19-6-4-3-5-7-19;/h3-9,15,18,22,24,31-32H,10-14,16-17H2,1-2H3;1H. The van der Waals surface area contributed by atoms with Gasteiger partial charge < -0.3 is 15.2 Å². The summed E-state index contributed by atoms with van der Waals surface area (Å²) in [4.78, 5) is 0. The molecule has 0 amide bonds. The van der Waals surface area contributed by atoms with Crippen LogP contribution in [0, 0.1) is 11.7 Å². The van der Waals surface area contributed by atoms with Crippen LogP contribution < -0.4 is 5.32 Å². The van der Waals surface area contributed by atoms with E-state index in [1.54, 1.807) is 12.1 Å². The van der Waals surface area contributed by atoms with E-state index in [9.17, 15) is 22.7 Å². The largest absolute Gasteiger partial charge is 0.411 e. The number of benzene rings is 2. The molecule has 0 fully saturated rings. The van der Waals surface area contributed by atoms with Crippen molar-refractivity contribution in [2.75, 3.05) is 19.7 Å². The second-order valence-corrected chi connectivity index (χ2v) is 9.36. The molecule has 8 heteroatoms. The fourth-order valence-electron chi connectivity index (χ4n) is 5.00. The van der Waals surface area contributed by atoms with E-state index in [-0.39, 0.29) is 36.6 Å². The van der Waals surface area contributed by atoms with Crippen molar-refractivity contribution in [3.63, 3.8) is 0 Å². The number of aliphatic hydroxyl groups is 1. The van der Waals surface area contributed by atoms with Crippen molar-refractivity contribution in [1.29, 1.82) is 0 Å². The highest BCUT2D eigenvalue weighted by atomic mass is 35.5. The van der Waals surface area contributed by atoms with Gasteiger partial charge in [-0.2, -0.15) is 13.2 Å². The Balaban J connectivity index is 0.00000408. The van der Waals surface area contributed by atoms with Gasteiger partial charge in [-0.3, -0.25) is 0 Å². The van der Waals surface area contributed by atoms with Gasteiger partial charge in [-0.05, 0) is 67.0 Å². The smallest absolute Gasteiger partial charge is 0.389 e. The fraction of sp³-hybridized carbons (Fsp3) is 0.538. The van der Waals surface area contributed by atoms with Gasteiger partial charge in [0.2, 0.25) is 0 Å². The van der Waals surface area contributed by atoms with Crippen LogP contribution in [0.1, 0.15) is 49.3 Å². The first-order valence-corrected chi connectivity index (χ1v) is 11.5. The summed E-state index contributed by atoms with van der Waals surface area (Å²) in [5, 5.41) is 14.7. The third-order valence-electron chi connectivity index (χ3n) is 6.41. The van der Waals surface area contributed by atoms with Crippen molar-refractivity contribution in [2.24, 2.45) is 5.92 Å². The molecule has 1 aliphatic carbocycles. The maximum atomic E-state index is 13.7. The summed E-state index contributed by atoms with van der Waals surface area (Å²) in [5.41, 5.74) is 1.86. The molecular formula is C26H34ClF4NO2.